The Bertz CT molecular complexity index is 1320. The van der Waals surface area contributed by atoms with Crippen molar-refractivity contribution in [3.8, 4) is 0 Å². The average molecular weight is 414 g/mol. The minimum Gasteiger partial charge on any atom is -0.871 e. The van der Waals surface area contributed by atoms with Crippen LogP contribution in [0.15, 0.2) is 77.3 Å². The number of imidazole rings is 1. The summed E-state index contributed by atoms with van der Waals surface area (Å²) in [6.07, 6.45) is 6.66. The zero-order chi connectivity index (χ0) is 21.5. The first-order chi connectivity index (χ1) is 15.1. The highest BCUT2D eigenvalue weighted by Gasteiger charge is 2.46. The van der Waals surface area contributed by atoms with E-state index in [4.69, 9.17) is 4.42 Å². The van der Waals surface area contributed by atoms with E-state index >= 15 is 0 Å². The monoisotopic (exact) mass is 414 g/mol. The number of furan rings is 1. The molecule has 4 aromatic rings. The van der Waals surface area contributed by atoms with Gasteiger partial charge in [-0.1, -0.05) is 11.8 Å². The number of H-pyrrole nitrogens is 1. The van der Waals surface area contributed by atoms with E-state index in [9.17, 15) is 14.7 Å². The molecule has 1 N–H and O–H groups in total. The van der Waals surface area contributed by atoms with Crippen LogP contribution in [0.25, 0.3) is 11.4 Å². The van der Waals surface area contributed by atoms with Crippen molar-refractivity contribution in [1.29, 1.82) is 0 Å². The van der Waals surface area contributed by atoms with Crippen molar-refractivity contribution in [2.45, 2.75) is 19.5 Å². The first-order valence-corrected chi connectivity index (χ1v) is 9.75. The van der Waals surface area contributed by atoms with E-state index in [1.165, 1.54) is 11.2 Å². The lowest BCUT2D eigenvalue weighted by molar-refractivity contribution is -0.378. The molecule has 0 saturated carbocycles. The van der Waals surface area contributed by atoms with Crippen molar-refractivity contribution in [3.05, 3.63) is 95.6 Å². The third kappa shape index (κ3) is 3.00. The molecular weight excluding hydrogens is 396 g/mol. The van der Waals surface area contributed by atoms with Gasteiger partial charge in [0.15, 0.2) is 12.4 Å². The van der Waals surface area contributed by atoms with E-state index in [0.29, 0.717) is 17.1 Å². The predicted molar refractivity (Wildman–Crippen MR) is 107 cm³/mol. The number of likely N-dealkylation sites (tertiary alicyclic amines) is 1. The molecule has 31 heavy (non-hydrogen) atoms. The number of nitrogens with zero attached hydrogens (tertiary/aromatic N) is 3. The lowest BCUT2D eigenvalue weighted by atomic mass is 10.0. The molecule has 0 spiro atoms. The van der Waals surface area contributed by atoms with Crippen LogP contribution in [-0.4, -0.2) is 26.0 Å². The highest BCUT2D eigenvalue weighted by molar-refractivity contribution is 6.46. The number of carbonyl (C=O) groups is 2. The fourth-order valence-corrected chi connectivity index (χ4v) is 4.02. The second-order valence-corrected chi connectivity index (χ2v) is 7.31. The highest BCUT2D eigenvalue weighted by Crippen LogP contribution is 2.40. The first-order valence-electron chi connectivity index (χ1n) is 9.75. The number of rotatable bonds is 4. The van der Waals surface area contributed by atoms with E-state index in [2.05, 4.69) is 9.97 Å². The van der Waals surface area contributed by atoms with Gasteiger partial charge in [0.25, 0.3) is 5.91 Å². The molecule has 0 bridgehead atoms. The van der Waals surface area contributed by atoms with Crippen molar-refractivity contribution < 1.29 is 24.1 Å². The number of nitrogens with one attached hydrogen (secondary N) is 1. The summed E-state index contributed by atoms with van der Waals surface area (Å²) in [5, 5.41) is 13.7. The molecule has 154 valence electrons. The van der Waals surface area contributed by atoms with Crippen molar-refractivity contribution >= 4 is 23.1 Å². The van der Waals surface area contributed by atoms with Gasteiger partial charge in [-0.3, -0.25) is 9.59 Å². The normalized spacial score (nSPS) is 18.2. The Morgan fingerprint density at radius 3 is 2.81 bits per heavy atom. The van der Waals surface area contributed by atoms with E-state index in [0.717, 1.165) is 5.56 Å². The summed E-state index contributed by atoms with van der Waals surface area (Å²) < 4.78 is 7.18. The molecule has 5 rings (SSSR count). The number of amides is 1. The quantitative estimate of drug-likeness (QED) is 0.286. The fourth-order valence-electron chi connectivity index (χ4n) is 4.02. The Kier molecular flexibility index (Phi) is 4.39. The smallest absolute Gasteiger partial charge is 0.295 e. The standard InChI is InChI=1S/C23H18N4O4/c1-14-19(26-10-3-2-8-17(26)25-14)21(28)18-20(16-7-5-11-31-16)27(23(30)22(18)29)13-15-6-4-9-24-12-15/h2-12,20,28H,13H2,1H3. The number of aryl methyl sites for hydroxylation is 1. The number of hydrogen-bond acceptors (Lipinski definition) is 5. The summed E-state index contributed by atoms with van der Waals surface area (Å²) in [7, 11) is 0. The van der Waals surface area contributed by atoms with E-state index in [-0.39, 0.29) is 17.8 Å². The van der Waals surface area contributed by atoms with Gasteiger partial charge >= 0.3 is 0 Å². The van der Waals surface area contributed by atoms with Gasteiger partial charge in [0.1, 0.15) is 17.4 Å². The Morgan fingerprint density at radius 1 is 1.19 bits per heavy atom. The van der Waals surface area contributed by atoms with Gasteiger partial charge in [0.05, 0.1) is 24.2 Å². The molecule has 0 aromatic carbocycles. The van der Waals surface area contributed by atoms with Crippen LogP contribution in [0.1, 0.15) is 28.8 Å². The maximum atomic E-state index is 13.7. The van der Waals surface area contributed by atoms with Crippen molar-refractivity contribution in [3.63, 3.8) is 0 Å². The van der Waals surface area contributed by atoms with Gasteiger partial charge < -0.3 is 18.8 Å². The molecule has 4 aromatic heterocycles. The molecule has 8 nitrogen and oxygen atoms in total. The maximum Gasteiger partial charge on any atom is 0.295 e. The van der Waals surface area contributed by atoms with Gasteiger partial charge in [-0.15, -0.1) is 0 Å². The zero-order valence-corrected chi connectivity index (χ0v) is 16.6. The number of hydrogen-bond donors (Lipinski definition) is 0. The molecule has 1 saturated heterocycles. The third-order valence-corrected chi connectivity index (χ3v) is 5.39. The van der Waals surface area contributed by atoms with Crippen LogP contribution in [-0.2, 0) is 16.1 Å². The molecule has 0 aliphatic carbocycles. The van der Waals surface area contributed by atoms with Crippen LogP contribution in [0.4, 0.5) is 0 Å². The van der Waals surface area contributed by atoms with Gasteiger partial charge in [0, 0.05) is 23.4 Å². The second kappa shape index (κ2) is 7.24. The number of aromatic nitrogens is 3. The van der Waals surface area contributed by atoms with E-state index < -0.39 is 23.5 Å². The number of pyridine rings is 2. The van der Waals surface area contributed by atoms with Gasteiger partial charge in [0.2, 0.25) is 5.78 Å². The van der Waals surface area contributed by atoms with Crippen molar-refractivity contribution in [1.82, 2.24) is 14.3 Å². The lowest BCUT2D eigenvalue weighted by Crippen LogP contribution is -2.29. The van der Waals surface area contributed by atoms with E-state index in [1.54, 1.807) is 60.2 Å². The maximum absolute atomic E-state index is 13.7. The summed E-state index contributed by atoms with van der Waals surface area (Å²) in [5.74, 6) is -1.73. The number of aromatic amines is 1. The molecule has 1 aliphatic rings. The molecule has 0 radical (unpaired) electrons. The van der Waals surface area contributed by atoms with Gasteiger partial charge in [-0.05, 0) is 37.3 Å². The Balaban J connectivity index is 1.70. The Labute approximate surface area is 177 Å². The van der Waals surface area contributed by atoms with Gasteiger partial charge in [-0.25, -0.2) is 9.97 Å². The Morgan fingerprint density at radius 2 is 2.06 bits per heavy atom. The summed E-state index contributed by atoms with van der Waals surface area (Å²) >= 11 is 0. The molecule has 5 heterocycles. The van der Waals surface area contributed by atoms with Crippen LogP contribution in [0, 0.1) is 6.92 Å². The topological polar surface area (TPSA) is 105 Å². The predicted octanol–water partition coefficient (Wildman–Crippen LogP) is 1.47. The lowest BCUT2D eigenvalue weighted by Gasteiger charge is -2.25. The minimum absolute atomic E-state index is 0.131. The molecule has 8 heteroatoms. The van der Waals surface area contributed by atoms with Crippen LogP contribution < -0.4 is 10.1 Å². The average Bonchev–Trinajstić information content (AvgIpc) is 3.47. The molecule has 1 amide bonds. The van der Waals surface area contributed by atoms with Crippen LogP contribution in [0.5, 0.6) is 0 Å². The number of carbonyl (C=O) groups excluding carboxylic acids is 2. The zero-order valence-electron chi connectivity index (χ0n) is 16.6. The number of fused-ring (bicyclic) bond motifs is 1. The van der Waals surface area contributed by atoms with Crippen molar-refractivity contribution in [2.75, 3.05) is 0 Å². The van der Waals surface area contributed by atoms with Gasteiger partial charge in [-0.2, -0.15) is 0 Å². The van der Waals surface area contributed by atoms with Crippen molar-refractivity contribution in [2.24, 2.45) is 0 Å². The minimum atomic E-state index is -0.920. The molecule has 1 aliphatic heterocycles. The Hall–Kier alpha value is -4.20. The summed E-state index contributed by atoms with van der Waals surface area (Å²) in [6.45, 7) is 1.86. The van der Waals surface area contributed by atoms with Crippen LogP contribution in [0.3, 0.4) is 0 Å². The van der Waals surface area contributed by atoms with E-state index in [1.807, 2.05) is 12.1 Å². The number of ketones is 1. The second-order valence-electron chi connectivity index (χ2n) is 7.31. The molecule has 1 atom stereocenters. The molecular formula is C23H18N4O4. The summed E-state index contributed by atoms with van der Waals surface area (Å²) in [6, 6.07) is 11.4. The molecule has 1 fully saturated rings. The first kappa shape index (κ1) is 18.8. The van der Waals surface area contributed by atoms with Crippen LogP contribution >= 0.6 is 0 Å². The summed E-state index contributed by atoms with van der Waals surface area (Å²) in [5.41, 5.74) is 2.00. The number of Topliss-reactive ketones (excluding diaryl/α,β-unsaturated/α-hetero) is 1. The largest absolute Gasteiger partial charge is 0.871 e. The highest BCUT2D eigenvalue weighted by atomic mass is 16.3. The third-order valence-electron chi connectivity index (χ3n) is 5.39. The SMILES string of the molecule is Cc1nc2ccccn2c1C([O-])=C1C(=O)C(=O)N(Cc2ccc[nH+]c2)C1c1ccco1. The summed E-state index contributed by atoms with van der Waals surface area (Å²) in [4.78, 5) is 34.8. The molecule has 1 unspecified atom stereocenters. The van der Waals surface area contributed by atoms with Crippen LogP contribution in [0.2, 0.25) is 0 Å². The fraction of sp³-hybridized carbons (Fsp3) is 0.130.